The molecule has 1 radical (unpaired) electrons. The third-order valence-corrected chi connectivity index (χ3v) is 3.55. The third-order valence-electron chi connectivity index (χ3n) is 3.55. The normalized spacial score (nSPS) is 19.0. The summed E-state index contributed by atoms with van der Waals surface area (Å²) in [5.74, 6) is 0. The highest BCUT2D eigenvalue weighted by Crippen LogP contribution is 2.09. The Kier molecular flexibility index (Phi) is 9.48. The molecule has 4 nitrogen and oxygen atoms in total. The highest BCUT2D eigenvalue weighted by atomic mass is 16.5. The minimum Gasteiger partial charge on any atom is -0.393 e. The van der Waals surface area contributed by atoms with Crippen molar-refractivity contribution in [1.82, 2.24) is 10.2 Å². The van der Waals surface area contributed by atoms with Gasteiger partial charge in [0, 0.05) is 32.8 Å². The van der Waals surface area contributed by atoms with Gasteiger partial charge in [0.05, 0.1) is 13.2 Å². The number of hydrogen-bond donors (Lipinski definition) is 2. The van der Waals surface area contributed by atoms with Crippen molar-refractivity contribution in [2.45, 2.75) is 44.6 Å². The molecule has 0 aromatic heterocycles. The molecule has 0 aliphatic carbocycles. The molecule has 1 atom stereocenters. The Morgan fingerprint density at radius 2 is 1.83 bits per heavy atom. The van der Waals surface area contributed by atoms with Gasteiger partial charge in [-0.1, -0.05) is 12.8 Å². The van der Waals surface area contributed by atoms with Crippen LogP contribution in [-0.4, -0.2) is 55.4 Å². The van der Waals surface area contributed by atoms with Gasteiger partial charge in [-0.3, -0.25) is 0 Å². The Labute approximate surface area is 112 Å². The number of nitrogens with one attached hydrogen (secondary N) is 1. The SMILES string of the molecule is [CH2]OCCC[C@@H](O)CCCCCN1CCNCC1. The molecule has 0 aromatic carbocycles. The van der Waals surface area contributed by atoms with Crippen molar-refractivity contribution in [2.75, 3.05) is 39.3 Å². The van der Waals surface area contributed by atoms with Gasteiger partial charge in [0.25, 0.3) is 0 Å². The Hall–Kier alpha value is -0.160. The van der Waals surface area contributed by atoms with Crippen molar-refractivity contribution in [2.24, 2.45) is 0 Å². The summed E-state index contributed by atoms with van der Waals surface area (Å²) in [6.45, 7) is 6.51. The van der Waals surface area contributed by atoms with Gasteiger partial charge >= 0.3 is 0 Å². The molecule has 18 heavy (non-hydrogen) atoms. The van der Waals surface area contributed by atoms with Crippen molar-refractivity contribution in [3.8, 4) is 0 Å². The van der Waals surface area contributed by atoms with Crippen molar-refractivity contribution in [3.05, 3.63) is 7.11 Å². The highest BCUT2D eigenvalue weighted by molar-refractivity contribution is 4.67. The molecule has 1 aliphatic rings. The molecule has 2 N–H and O–H groups in total. The number of aliphatic hydroxyl groups is 1. The Morgan fingerprint density at radius 3 is 2.56 bits per heavy atom. The van der Waals surface area contributed by atoms with E-state index < -0.39 is 0 Å². The number of aliphatic hydroxyl groups excluding tert-OH is 1. The van der Waals surface area contributed by atoms with Crippen molar-refractivity contribution < 1.29 is 9.84 Å². The molecule has 0 spiro atoms. The zero-order valence-corrected chi connectivity index (χ0v) is 11.6. The highest BCUT2D eigenvalue weighted by Gasteiger charge is 2.08. The number of ether oxygens (including phenoxy) is 1. The van der Waals surface area contributed by atoms with Crippen molar-refractivity contribution in [3.63, 3.8) is 0 Å². The standard InChI is InChI=1S/C14H29N2O2/c1-18-13-5-7-14(17)6-3-2-4-10-16-11-8-15-9-12-16/h14-15,17H,1-13H2/t14-/m0/s1. The van der Waals surface area contributed by atoms with Crippen LogP contribution in [0.25, 0.3) is 0 Å². The second-order valence-electron chi connectivity index (χ2n) is 5.15. The average molecular weight is 257 g/mol. The number of piperazine rings is 1. The Balaban J connectivity index is 1.85. The first-order valence-electron chi connectivity index (χ1n) is 7.31. The summed E-state index contributed by atoms with van der Waals surface area (Å²) in [6, 6.07) is 0. The smallest absolute Gasteiger partial charge is 0.0700 e. The van der Waals surface area contributed by atoms with Crippen LogP contribution in [0.1, 0.15) is 38.5 Å². The van der Waals surface area contributed by atoms with Crippen LogP contribution in [0.4, 0.5) is 0 Å². The van der Waals surface area contributed by atoms with Crippen LogP contribution in [0.15, 0.2) is 0 Å². The molecule has 1 fully saturated rings. The second-order valence-corrected chi connectivity index (χ2v) is 5.15. The summed E-state index contributed by atoms with van der Waals surface area (Å²) < 4.78 is 4.73. The largest absolute Gasteiger partial charge is 0.393 e. The van der Waals surface area contributed by atoms with Crippen LogP contribution >= 0.6 is 0 Å². The fraction of sp³-hybridized carbons (Fsp3) is 0.929. The van der Waals surface area contributed by atoms with E-state index in [1.807, 2.05) is 0 Å². The van der Waals surface area contributed by atoms with Gasteiger partial charge in [-0.15, -0.1) is 0 Å². The first-order chi connectivity index (χ1) is 8.83. The average Bonchev–Trinajstić information content (AvgIpc) is 2.40. The topological polar surface area (TPSA) is 44.7 Å². The number of unbranched alkanes of at least 4 members (excludes halogenated alkanes) is 2. The van der Waals surface area contributed by atoms with Gasteiger partial charge < -0.3 is 20.1 Å². The quantitative estimate of drug-likeness (QED) is 0.581. The maximum Gasteiger partial charge on any atom is 0.0700 e. The number of rotatable bonds is 10. The molecule has 1 aliphatic heterocycles. The van der Waals surface area contributed by atoms with Gasteiger partial charge in [0.15, 0.2) is 0 Å². The van der Waals surface area contributed by atoms with E-state index in [0.29, 0.717) is 6.61 Å². The zero-order chi connectivity index (χ0) is 13.1. The van der Waals surface area contributed by atoms with E-state index in [-0.39, 0.29) is 6.10 Å². The van der Waals surface area contributed by atoms with Crippen molar-refractivity contribution >= 4 is 0 Å². The molecule has 0 amide bonds. The summed E-state index contributed by atoms with van der Waals surface area (Å²) in [5, 5.41) is 13.1. The molecule has 0 unspecified atom stereocenters. The van der Waals surface area contributed by atoms with E-state index in [2.05, 4.69) is 17.3 Å². The van der Waals surface area contributed by atoms with E-state index in [9.17, 15) is 5.11 Å². The van der Waals surface area contributed by atoms with E-state index in [1.165, 1.54) is 32.5 Å². The van der Waals surface area contributed by atoms with Crippen LogP contribution in [0.5, 0.6) is 0 Å². The lowest BCUT2D eigenvalue weighted by molar-refractivity contribution is 0.133. The second kappa shape index (κ2) is 10.7. The van der Waals surface area contributed by atoms with Crippen LogP contribution in [0, 0.1) is 7.11 Å². The maximum atomic E-state index is 9.73. The molecule has 1 heterocycles. The predicted octanol–water partition coefficient (Wildman–Crippen LogP) is 1.40. The zero-order valence-electron chi connectivity index (χ0n) is 11.6. The minimum atomic E-state index is -0.153. The van der Waals surface area contributed by atoms with Crippen LogP contribution in [0.2, 0.25) is 0 Å². The molecule has 107 valence electrons. The lowest BCUT2D eigenvalue weighted by Crippen LogP contribution is -2.43. The molecule has 1 rings (SSSR count). The predicted molar refractivity (Wildman–Crippen MR) is 74.3 cm³/mol. The van der Waals surface area contributed by atoms with Gasteiger partial charge in [-0.25, -0.2) is 0 Å². The van der Waals surface area contributed by atoms with Gasteiger partial charge in [0.2, 0.25) is 0 Å². The van der Waals surface area contributed by atoms with E-state index >= 15 is 0 Å². The van der Waals surface area contributed by atoms with Crippen LogP contribution in [0.3, 0.4) is 0 Å². The molecule has 0 saturated carbocycles. The number of hydrogen-bond acceptors (Lipinski definition) is 4. The van der Waals surface area contributed by atoms with E-state index in [1.54, 1.807) is 0 Å². The van der Waals surface area contributed by atoms with Gasteiger partial charge in [-0.05, 0) is 32.2 Å². The fourth-order valence-electron chi connectivity index (χ4n) is 2.39. The molecule has 4 heteroatoms. The fourth-order valence-corrected chi connectivity index (χ4v) is 2.39. The maximum absolute atomic E-state index is 9.73. The number of nitrogens with zero attached hydrogens (tertiary/aromatic N) is 1. The molecular formula is C14H29N2O2. The summed E-state index contributed by atoms with van der Waals surface area (Å²) >= 11 is 0. The molecule has 0 bridgehead atoms. The summed E-state index contributed by atoms with van der Waals surface area (Å²) in [4.78, 5) is 2.53. The molecule has 1 saturated heterocycles. The minimum absolute atomic E-state index is 0.153. The van der Waals surface area contributed by atoms with Gasteiger partial charge in [-0.2, -0.15) is 0 Å². The van der Waals surface area contributed by atoms with Crippen LogP contribution < -0.4 is 5.32 Å². The van der Waals surface area contributed by atoms with Gasteiger partial charge in [0.1, 0.15) is 0 Å². The first kappa shape index (κ1) is 15.9. The Bertz CT molecular complexity index is 185. The van der Waals surface area contributed by atoms with Crippen LogP contribution in [-0.2, 0) is 4.74 Å². The molecular weight excluding hydrogens is 228 g/mol. The van der Waals surface area contributed by atoms with E-state index in [0.717, 1.165) is 38.8 Å². The summed E-state index contributed by atoms with van der Waals surface area (Å²) in [7, 11) is 3.32. The lowest BCUT2D eigenvalue weighted by Gasteiger charge is -2.27. The third kappa shape index (κ3) is 8.03. The summed E-state index contributed by atoms with van der Waals surface area (Å²) in [6.07, 6.45) is 6.15. The lowest BCUT2D eigenvalue weighted by atomic mass is 10.1. The van der Waals surface area contributed by atoms with Crippen molar-refractivity contribution in [1.29, 1.82) is 0 Å². The first-order valence-corrected chi connectivity index (χ1v) is 7.31. The molecule has 0 aromatic rings. The summed E-state index contributed by atoms with van der Waals surface area (Å²) in [5.41, 5.74) is 0. The monoisotopic (exact) mass is 257 g/mol. The Morgan fingerprint density at radius 1 is 1.11 bits per heavy atom. The van der Waals surface area contributed by atoms with E-state index in [4.69, 9.17) is 4.74 Å².